The predicted octanol–water partition coefficient (Wildman–Crippen LogP) is 3.78. The Morgan fingerprint density at radius 2 is 1.76 bits per heavy atom. The van der Waals surface area contributed by atoms with Crippen molar-refractivity contribution in [3.05, 3.63) is 11.6 Å². The van der Waals surface area contributed by atoms with Gasteiger partial charge in [0.05, 0.1) is 17.6 Å². The Morgan fingerprint density at radius 1 is 1.10 bits per heavy atom. The number of ether oxygens (including phenoxy) is 2. The fourth-order valence-electron chi connectivity index (χ4n) is 9.39. The quantitative estimate of drug-likeness (QED) is 0.295. The van der Waals surface area contributed by atoms with Crippen LogP contribution >= 0.6 is 0 Å². The van der Waals surface area contributed by atoms with Gasteiger partial charge in [-0.1, -0.05) is 47.1 Å². The van der Waals surface area contributed by atoms with Crippen LogP contribution in [0.15, 0.2) is 11.6 Å². The highest BCUT2D eigenvalue weighted by atomic mass is 16.6. The molecule has 1 spiro atoms. The van der Waals surface area contributed by atoms with Crippen molar-refractivity contribution in [3.63, 3.8) is 0 Å². The Bertz CT molecular complexity index is 1140. The van der Waals surface area contributed by atoms with Crippen LogP contribution < -0.4 is 0 Å². The summed E-state index contributed by atoms with van der Waals surface area (Å²) in [6.07, 6.45) is 2.76. The number of carbonyl (C=O) groups excluding carboxylic acids is 3. The summed E-state index contributed by atoms with van der Waals surface area (Å²) < 4.78 is 12.2. The van der Waals surface area contributed by atoms with Gasteiger partial charge in [0.25, 0.3) is 0 Å². The monoisotopic (exact) mass is 574 g/mol. The van der Waals surface area contributed by atoms with Crippen LogP contribution in [-0.4, -0.2) is 68.5 Å². The highest BCUT2D eigenvalue weighted by Gasteiger charge is 2.80. The molecule has 0 aromatic rings. The molecule has 5 rings (SSSR count). The van der Waals surface area contributed by atoms with Gasteiger partial charge in [0, 0.05) is 17.8 Å². The fraction of sp³-hybridized carbons (Fsp3) is 0.848. The van der Waals surface area contributed by atoms with Gasteiger partial charge in [-0.15, -0.1) is 0 Å². The van der Waals surface area contributed by atoms with E-state index in [1.807, 2.05) is 27.7 Å². The molecule has 1 heterocycles. The van der Waals surface area contributed by atoms with Crippen LogP contribution in [0.5, 0.6) is 0 Å². The molecule has 12 atom stereocenters. The SMILES string of the molecule is CC(C)C(C)C(O)C(=O)C(C)C1CCC2C3C(=O)C=C4CC(OC(=O)C(O)C(C)(C)O)CCC4(C)C34OC4CC12C. The molecule has 1 aliphatic heterocycles. The molecule has 4 aliphatic carbocycles. The van der Waals surface area contributed by atoms with Gasteiger partial charge in [-0.2, -0.15) is 0 Å². The summed E-state index contributed by atoms with van der Waals surface area (Å²) in [5.74, 6) is -1.18. The number of aliphatic hydroxyl groups excluding tert-OH is 2. The first kappa shape index (κ1) is 30.8. The smallest absolute Gasteiger partial charge is 0.338 e. The van der Waals surface area contributed by atoms with E-state index in [1.165, 1.54) is 13.8 Å². The third kappa shape index (κ3) is 4.49. The lowest BCUT2D eigenvalue weighted by Gasteiger charge is -2.55. The van der Waals surface area contributed by atoms with E-state index in [4.69, 9.17) is 9.47 Å². The molecule has 3 N–H and O–H groups in total. The second kappa shape index (κ2) is 9.96. The van der Waals surface area contributed by atoms with Crippen molar-refractivity contribution >= 4 is 17.5 Å². The standard InChI is InChI=1S/C33H50O8/c1-16(2)17(3)26(35)27(36)18(4)21-9-10-22-25-23(34)14-19-13-20(40-29(38)28(37)30(5,6)39)11-12-32(19,8)33(25)24(41-33)15-31(21,22)7/h14,16-18,20-22,24-26,28,35,37,39H,9-13,15H2,1-8H3. The van der Waals surface area contributed by atoms with Crippen LogP contribution in [0.4, 0.5) is 0 Å². The van der Waals surface area contributed by atoms with Crippen molar-refractivity contribution in [1.82, 2.24) is 0 Å². The van der Waals surface area contributed by atoms with Gasteiger partial charge >= 0.3 is 5.97 Å². The number of carbonyl (C=O) groups is 3. The molecule has 3 saturated carbocycles. The molecule has 12 unspecified atom stereocenters. The average Bonchev–Trinajstić information content (AvgIpc) is 3.51. The van der Waals surface area contributed by atoms with Gasteiger partial charge in [0.1, 0.15) is 17.8 Å². The second-order valence-corrected chi connectivity index (χ2v) is 15.4. The molecule has 0 bridgehead atoms. The van der Waals surface area contributed by atoms with Crippen LogP contribution in [0.2, 0.25) is 0 Å². The van der Waals surface area contributed by atoms with Crippen LogP contribution in [0.1, 0.15) is 93.9 Å². The summed E-state index contributed by atoms with van der Waals surface area (Å²) in [5, 5.41) is 31.0. The summed E-state index contributed by atoms with van der Waals surface area (Å²) >= 11 is 0. The molecule has 41 heavy (non-hydrogen) atoms. The van der Waals surface area contributed by atoms with Crippen LogP contribution in [0.25, 0.3) is 0 Å². The Hall–Kier alpha value is -1.61. The number of aliphatic hydroxyl groups is 3. The van der Waals surface area contributed by atoms with Gasteiger partial charge in [0.15, 0.2) is 17.7 Å². The van der Waals surface area contributed by atoms with Crippen molar-refractivity contribution in [2.45, 2.75) is 130 Å². The minimum atomic E-state index is -1.65. The van der Waals surface area contributed by atoms with Gasteiger partial charge in [-0.05, 0) is 81.1 Å². The molecule has 0 amide bonds. The topological polar surface area (TPSA) is 134 Å². The maximum atomic E-state index is 13.9. The third-order valence-electron chi connectivity index (χ3n) is 12.4. The zero-order valence-corrected chi connectivity index (χ0v) is 26.0. The Balaban J connectivity index is 1.37. The normalized spacial score (nSPS) is 42.6. The number of fused-ring (bicyclic) bond motifs is 3. The second-order valence-electron chi connectivity index (χ2n) is 15.4. The molecule has 8 heteroatoms. The molecule has 0 radical (unpaired) electrons. The van der Waals surface area contributed by atoms with E-state index in [-0.39, 0.29) is 64.0 Å². The summed E-state index contributed by atoms with van der Waals surface area (Å²) in [5.41, 5.74) is -1.84. The number of epoxide rings is 1. The Morgan fingerprint density at radius 3 is 2.37 bits per heavy atom. The van der Waals surface area contributed by atoms with Crippen molar-refractivity contribution < 1.29 is 39.2 Å². The first-order valence-corrected chi connectivity index (χ1v) is 15.7. The van der Waals surface area contributed by atoms with E-state index in [2.05, 4.69) is 13.8 Å². The molecule has 5 aliphatic rings. The lowest BCUT2D eigenvalue weighted by atomic mass is 9.46. The van der Waals surface area contributed by atoms with Crippen LogP contribution in [0, 0.1) is 46.3 Å². The molecule has 230 valence electrons. The lowest BCUT2D eigenvalue weighted by molar-refractivity contribution is -0.173. The highest BCUT2D eigenvalue weighted by Crippen LogP contribution is 2.75. The van der Waals surface area contributed by atoms with Crippen molar-refractivity contribution in [2.75, 3.05) is 0 Å². The lowest BCUT2D eigenvalue weighted by Crippen LogP contribution is -2.60. The Labute approximate surface area is 244 Å². The summed E-state index contributed by atoms with van der Waals surface area (Å²) in [6, 6.07) is 0. The third-order valence-corrected chi connectivity index (χ3v) is 12.4. The van der Waals surface area contributed by atoms with Crippen molar-refractivity contribution in [3.8, 4) is 0 Å². The first-order chi connectivity index (χ1) is 18.9. The number of rotatable bonds is 8. The number of hydrogen-bond acceptors (Lipinski definition) is 8. The molecule has 0 aromatic heterocycles. The summed E-state index contributed by atoms with van der Waals surface area (Å²) in [7, 11) is 0. The van der Waals surface area contributed by atoms with E-state index in [9.17, 15) is 29.7 Å². The maximum absolute atomic E-state index is 13.9. The minimum absolute atomic E-state index is 0.0625. The molecule has 1 saturated heterocycles. The molecular weight excluding hydrogens is 524 g/mol. The van der Waals surface area contributed by atoms with E-state index < -0.39 is 35.5 Å². The number of Topliss-reactive ketones (excluding diaryl/α,β-unsaturated/α-hetero) is 1. The molecular formula is C33H50O8. The number of hydrogen-bond donors (Lipinski definition) is 3. The van der Waals surface area contributed by atoms with E-state index in [1.54, 1.807) is 6.08 Å². The minimum Gasteiger partial charge on any atom is -0.460 e. The Kier molecular flexibility index (Phi) is 7.49. The molecule has 0 aromatic carbocycles. The molecule has 8 nitrogen and oxygen atoms in total. The number of allylic oxidation sites excluding steroid dienone is 1. The zero-order chi connectivity index (χ0) is 30.4. The van der Waals surface area contributed by atoms with Crippen molar-refractivity contribution in [2.24, 2.45) is 46.3 Å². The van der Waals surface area contributed by atoms with E-state index >= 15 is 0 Å². The highest BCUT2D eigenvalue weighted by molar-refractivity contribution is 5.96. The maximum Gasteiger partial charge on any atom is 0.338 e. The van der Waals surface area contributed by atoms with Crippen LogP contribution in [0.3, 0.4) is 0 Å². The summed E-state index contributed by atoms with van der Waals surface area (Å²) in [4.78, 5) is 39.9. The van der Waals surface area contributed by atoms with Crippen molar-refractivity contribution in [1.29, 1.82) is 0 Å². The average molecular weight is 575 g/mol. The number of ketones is 2. The first-order valence-electron chi connectivity index (χ1n) is 15.7. The largest absolute Gasteiger partial charge is 0.460 e. The van der Waals surface area contributed by atoms with Gasteiger partial charge in [-0.25, -0.2) is 4.79 Å². The van der Waals surface area contributed by atoms with E-state index in [0.717, 1.165) is 24.8 Å². The zero-order valence-electron chi connectivity index (χ0n) is 26.0. The van der Waals surface area contributed by atoms with Gasteiger partial charge in [-0.3, -0.25) is 9.59 Å². The fourth-order valence-corrected chi connectivity index (χ4v) is 9.39. The summed E-state index contributed by atoms with van der Waals surface area (Å²) in [6.45, 7) is 15.1. The van der Waals surface area contributed by atoms with Crippen LogP contribution in [-0.2, 0) is 23.9 Å². The van der Waals surface area contributed by atoms with Gasteiger partial charge in [0.2, 0.25) is 0 Å². The van der Waals surface area contributed by atoms with E-state index in [0.29, 0.717) is 19.3 Å². The number of esters is 1. The predicted molar refractivity (Wildman–Crippen MR) is 151 cm³/mol. The molecule has 4 fully saturated rings. The van der Waals surface area contributed by atoms with Gasteiger partial charge < -0.3 is 24.8 Å².